The normalized spacial score (nSPS) is 17.2. The van der Waals surface area contributed by atoms with Crippen molar-refractivity contribution in [1.29, 1.82) is 0 Å². The molecule has 1 fully saturated rings. The van der Waals surface area contributed by atoms with Crippen molar-refractivity contribution in [3.63, 3.8) is 0 Å². The van der Waals surface area contributed by atoms with Crippen LogP contribution in [0, 0.1) is 0 Å². The zero-order chi connectivity index (χ0) is 22.7. The van der Waals surface area contributed by atoms with Gasteiger partial charge in [0, 0.05) is 35.8 Å². The fourth-order valence-electron chi connectivity index (χ4n) is 3.87. The van der Waals surface area contributed by atoms with Gasteiger partial charge in [-0.2, -0.15) is 0 Å². The molecule has 1 heterocycles. The summed E-state index contributed by atoms with van der Waals surface area (Å²) < 4.78 is 27.8. The molecule has 2 aliphatic rings. The standard InChI is InChI=1S/C23H27ClN4O3S/c1-16(17-7-9-18(24)10-8-17)28(20-11-12-20)15-23(29)26-19-4-2-5-21(14-19)32(30,31)27-22-6-3-13-25-22/h2,4-5,7-10,14,16,20H,3,6,11-13,15H2,1H3,(H,25,27)(H,26,29). The second-order valence-electron chi connectivity index (χ2n) is 8.24. The molecule has 1 unspecified atom stereocenters. The van der Waals surface area contributed by atoms with Gasteiger partial charge in [-0.05, 0) is 62.1 Å². The van der Waals surface area contributed by atoms with Crippen molar-refractivity contribution < 1.29 is 13.2 Å². The summed E-state index contributed by atoms with van der Waals surface area (Å²) in [5.74, 6) is 0.302. The predicted octanol–water partition coefficient (Wildman–Crippen LogP) is 3.97. The largest absolute Gasteiger partial charge is 0.325 e. The number of amidine groups is 1. The average molecular weight is 475 g/mol. The average Bonchev–Trinajstić information content (AvgIpc) is 3.49. The maximum absolute atomic E-state index is 12.8. The smallest absolute Gasteiger partial charge is 0.262 e. The number of hydrogen-bond donors (Lipinski definition) is 2. The van der Waals surface area contributed by atoms with E-state index in [9.17, 15) is 13.2 Å². The first-order valence-electron chi connectivity index (χ1n) is 10.8. The highest BCUT2D eigenvalue weighted by atomic mass is 35.5. The van der Waals surface area contributed by atoms with E-state index in [0.717, 1.165) is 24.8 Å². The monoisotopic (exact) mass is 474 g/mol. The Bertz CT molecular complexity index is 1110. The SMILES string of the molecule is CC(c1ccc(Cl)cc1)N(CC(=O)Nc1cccc(S(=O)(=O)NC2=NCCC2)c1)C1CC1. The van der Waals surface area contributed by atoms with E-state index in [-0.39, 0.29) is 23.4 Å². The molecule has 170 valence electrons. The van der Waals surface area contributed by atoms with E-state index in [1.165, 1.54) is 12.1 Å². The molecule has 0 radical (unpaired) electrons. The van der Waals surface area contributed by atoms with Crippen molar-refractivity contribution in [2.24, 2.45) is 4.99 Å². The molecule has 1 aliphatic heterocycles. The van der Waals surface area contributed by atoms with Gasteiger partial charge in [-0.15, -0.1) is 0 Å². The van der Waals surface area contributed by atoms with Crippen LogP contribution in [0.4, 0.5) is 5.69 Å². The van der Waals surface area contributed by atoms with Gasteiger partial charge >= 0.3 is 0 Å². The molecule has 0 spiro atoms. The fraction of sp³-hybridized carbons (Fsp3) is 0.391. The van der Waals surface area contributed by atoms with Crippen molar-refractivity contribution in [3.05, 3.63) is 59.1 Å². The minimum absolute atomic E-state index is 0.0635. The van der Waals surface area contributed by atoms with Gasteiger partial charge in [0.05, 0.1) is 11.4 Å². The molecule has 7 nitrogen and oxygen atoms in total. The maximum atomic E-state index is 12.8. The topological polar surface area (TPSA) is 90.9 Å². The van der Waals surface area contributed by atoms with E-state index < -0.39 is 10.0 Å². The molecule has 32 heavy (non-hydrogen) atoms. The highest BCUT2D eigenvalue weighted by molar-refractivity contribution is 7.90. The molecule has 2 aromatic rings. The van der Waals surface area contributed by atoms with Crippen molar-refractivity contribution in [2.45, 2.75) is 49.6 Å². The Morgan fingerprint density at radius 3 is 2.62 bits per heavy atom. The zero-order valence-electron chi connectivity index (χ0n) is 17.9. The Kier molecular flexibility index (Phi) is 6.83. The van der Waals surface area contributed by atoms with Crippen LogP contribution in [0.3, 0.4) is 0 Å². The molecule has 1 aliphatic carbocycles. The van der Waals surface area contributed by atoms with Crippen LogP contribution in [0.5, 0.6) is 0 Å². The quantitative estimate of drug-likeness (QED) is 0.605. The first kappa shape index (κ1) is 22.8. The highest BCUT2D eigenvalue weighted by Crippen LogP contribution is 2.34. The Labute approximate surface area is 193 Å². The van der Waals surface area contributed by atoms with Crippen LogP contribution in [0.1, 0.15) is 44.2 Å². The molecule has 9 heteroatoms. The number of carbonyl (C=O) groups is 1. The summed E-state index contributed by atoms with van der Waals surface area (Å²) in [7, 11) is -3.73. The van der Waals surface area contributed by atoms with Gasteiger partial charge in [-0.1, -0.05) is 29.8 Å². The van der Waals surface area contributed by atoms with Gasteiger partial charge in [0.1, 0.15) is 5.84 Å². The molecule has 0 aromatic heterocycles. The second kappa shape index (κ2) is 9.60. The molecule has 2 N–H and O–H groups in total. The van der Waals surface area contributed by atoms with Gasteiger partial charge in [-0.25, -0.2) is 8.42 Å². The fourth-order valence-corrected chi connectivity index (χ4v) is 5.13. The number of hydrogen-bond acceptors (Lipinski definition) is 5. The molecule has 0 saturated heterocycles. The van der Waals surface area contributed by atoms with Gasteiger partial charge in [0.15, 0.2) is 0 Å². The summed E-state index contributed by atoms with van der Waals surface area (Å²) in [6.45, 7) is 2.94. The van der Waals surface area contributed by atoms with Gasteiger partial charge in [0.2, 0.25) is 5.91 Å². The van der Waals surface area contributed by atoms with Crippen LogP contribution in [-0.4, -0.2) is 44.2 Å². The predicted molar refractivity (Wildman–Crippen MR) is 127 cm³/mol. The van der Waals surface area contributed by atoms with Crippen LogP contribution >= 0.6 is 11.6 Å². The summed E-state index contributed by atoms with van der Waals surface area (Å²) in [4.78, 5) is 19.3. The van der Waals surface area contributed by atoms with Crippen molar-refractivity contribution in [3.8, 4) is 0 Å². The lowest BCUT2D eigenvalue weighted by atomic mass is 10.1. The third kappa shape index (κ3) is 5.68. The Balaban J connectivity index is 1.43. The molecule has 1 saturated carbocycles. The molecule has 1 amide bonds. The molecule has 1 atom stereocenters. The van der Waals surface area contributed by atoms with Gasteiger partial charge in [-0.3, -0.25) is 19.4 Å². The summed E-state index contributed by atoms with van der Waals surface area (Å²) in [5, 5.41) is 3.53. The van der Waals surface area contributed by atoms with Crippen LogP contribution < -0.4 is 10.0 Å². The number of nitrogens with zero attached hydrogens (tertiary/aromatic N) is 2. The van der Waals surface area contributed by atoms with E-state index >= 15 is 0 Å². The summed E-state index contributed by atoms with van der Waals surface area (Å²) in [5.41, 5.74) is 1.55. The summed E-state index contributed by atoms with van der Waals surface area (Å²) in [6, 6.07) is 14.4. The number of amides is 1. The maximum Gasteiger partial charge on any atom is 0.262 e. The van der Waals surface area contributed by atoms with Crippen molar-refractivity contribution >= 4 is 39.1 Å². The highest BCUT2D eigenvalue weighted by Gasteiger charge is 2.34. The van der Waals surface area contributed by atoms with E-state index in [4.69, 9.17) is 11.6 Å². The number of aliphatic imine (C=N–C) groups is 1. The molecule has 2 aromatic carbocycles. The Morgan fingerprint density at radius 1 is 1.22 bits per heavy atom. The lowest BCUT2D eigenvalue weighted by molar-refractivity contribution is -0.118. The minimum Gasteiger partial charge on any atom is -0.325 e. The lowest BCUT2D eigenvalue weighted by Gasteiger charge is -2.29. The first-order valence-corrected chi connectivity index (χ1v) is 12.7. The first-order chi connectivity index (χ1) is 15.3. The summed E-state index contributed by atoms with van der Waals surface area (Å²) >= 11 is 6.01. The van der Waals surface area contributed by atoms with Gasteiger partial charge < -0.3 is 5.32 Å². The third-order valence-electron chi connectivity index (χ3n) is 5.75. The Hall–Kier alpha value is -2.42. The summed E-state index contributed by atoms with van der Waals surface area (Å²) in [6.07, 6.45) is 3.60. The molecular formula is C23H27ClN4O3S. The minimum atomic E-state index is -3.73. The van der Waals surface area contributed by atoms with E-state index in [0.29, 0.717) is 35.6 Å². The number of sulfonamides is 1. The van der Waals surface area contributed by atoms with Crippen molar-refractivity contribution in [1.82, 2.24) is 9.62 Å². The Morgan fingerprint density at radius 2 is 1.97 bits per heavy atom. The number of halogens is 1. The van der Waals surface area contributed by atoms with Crippen molar-refractivity contribution in [2.75, 3.05) is 18.4 Å². The number of nitrogens with one attached hydrogen (secondary N) is 2. The van der Waals surface area contributed by atoms with Crippen LogP contribution in [0.2, 0.25) is 5.02 Å². The molecule has 0 bridgehead atoms. The lowest BCUT2D eigenvalue weighted by Crippen LogP contribution is -2.37. The number of rotatable bonds is 8. The van der Waals surface area contributed by atoms with Crippen LogP contribution in [-0.2, 0) is 14.8 Å². The third-order valence-corrected chi connectivity index (χ3v) is 7.38. The van der Waals surface area contributed by atoms with Gasteiger partial charge in [0.25, 0.3) is 10.0 Å². The van der Waals surface area contributed by atoms with E-state index in [2.05, 4.69) is 26.9 Å². The van der Waals surface area contributed by atoms with E-state index in [1.54, 1.807) is 12.1 Å². The zero-order valence-corrected chi connectivity index (χ0v) is 19.5. The number of anilines is 1. The number of carbonyl (C=O) groups excluding carboxylic acids is 1. The molecular weight excluding hydrogens is 448 g/mol. The van der Waals surface area contributed by atoms with Crippen LogP contribution in [0.15, 0.2) is 58.4 Å². The van der Waals surface area contributed by atoms with Crippen LogP contribution in [0.25, 0.3) is 0 Å². The van der Waals surface area contributed by atoms with E-state index in [1.807, 2.05) is 24.3 Å². The molecule has 4 rings (SSSR count). The second-order valence-corrected chi connectivity index (χ2v) is 10.4. The number of benzene rings is 2.